The van der Waals surface area contributed by atoms with E-state index in [1.165, 1.54) is 11.6 Å². The molecule has 0 bridgehead atoms. The maximum absolute atomic E-state index is 11.4. The monoisotopic (exact) mass is 249 g/mol. The fourth-order valence-corrected chi connectivity index (χ4v) is 2.10. The minimum atomic E-state index is -0.437. The van der Waals surface area contributed by atoms with Crippen molar-refractivity contribution in [2.45, 2.75) is 12.8 Å². The Bertz CT molecular complexity index is 531. The van der Waals surface area contributed by atoms with E-state index in [0.29, 0.717) is 5.02 Å². The summed E-state index contributed by atoms with van der Waals surface area (Å²) in [6.07, 6.45) is 3.18. The fourth-order valence-electron chi connectivity index (χ4n) is 1.93. The van der Waals surface area contributed by atoms with Crippen LogP contribution < -0.4 is 11.5 Å². The molecule has 1 amide bonds. The van der Waals surface area contributed by atoms with Crippen LogP contribution in [-0.4, -0.2) is 11.9 Å². The van der Waals surface area contributed by atoms with E-state index in [1.54, 1.807) is 0 Å². The number of aryl methyl sites for hydroxylation is 1. The van der Waals surface area contributed by atoms with Gasteiger partial charge in [0.25, 0.3) is 5.91 Å². The van der Waals surface area contributed by atoms with Crippen LogP contribution in [0.3, 0.4) is 0 Å². The Labute approximate surface area is 104 Å². The zero-order valence-corrected chi connectivity index (χ0v) is 9.87. The van der Waals surface area contributed by atoms with Crippen molar-refractivity contribution in [3.8, 4) is 0 Å². The zero-order valence-electron chi connectivity index (χ0n) is 9.11. The Morgan fingerprint density at radius 1 is 1.35 bits per heavy atom. The maximum atomic E-state index is 11.4. The fraction of sp³-hybridized carbons (Fsp3) is 0.167. The number of nitrogens with two attached hydrogens (primary N) is 2. The number of nitrogens with zero attached hydrogens (tertiary/aromatic N) is 1. The summed E-state index contributed by atoms with van der Waals surface area (Å²) < 4.78 is 0. The van der Waals surface area contributed by atoms with Gasteiger partial charge in [0, 0.05) is 11.1 Å². The third-order valence-corrected chi connectivity index (χ3v) is 2.85. The summed E-state index contributed by atoms with van der Waals surface area (Å²) in [5.41, 5.74) is 13.4. The van der Waals surface area contributed by atoms with Gasteiger partial charge in [-0.15, -0.1) is 0 Å². The van der Waals surface area contributed by atoms with Crippen molar-refractivity contribution < 1.29 is 4.79 Å². The molecule has 88 valence electrons. The number of hydrogen-bond donors (Lipinski definition) is 2. The molecule has 2 rings (SSSR count). The second kappa shape index (κ2) is 4.59. The Morgan fingerprint density at radius 3 is 2.82 bits per heavy atom. The molecule has 4 nitrogen and oxygen atoms in total. The van der Waals surface area contributed by atoms with Crippen molar-refractivity contribution in [1.82, 2.24) is 0 Å². The van der Waals surface area contributed by atoms with Crippen molar-refractivity contribution in [3.05, 3.63) is 40.4 Å². The van der Waals surface area contributed by atoms with Crippen LogP contribution >= 0.6 is 11.6 Å². The summed E-state index contributed by atoms with van der Waals surface area (Å²) in [6.45, 7) is 0. The molecule has 1 aliphatic rings. The highest BCUT2D eigenvalue weighted by molar-refractivity contribution is 6.30. The van der Waals surface area contributed by atoms with Gasteiger partial charge in [-0.2, -0.15) is 4.99 Å². The zero-order chi connectivity index (χ0) is 12.4. The van der Waals surface area contributed by atoms with Gasteiger partial charge in [0.05, 0.1) is 0 Å². The van der Waals surface area contributed by atoms with E-state index in [0.717, 1.165) is 24.0 Å². The molecule has 0 saturated heterocycles. The molecule has 1 aromatic carbocycles. The largest absolute Gasteiger partial charge is 0.370 e. The molecule has 1 aliphatic carbocycles. The molecule has 5 heteroatoms. The lowest BCUT2D eigenvalue weighted by molar-refractivity contribution is -0.113. The molecule has 0 aromatic heterocycles. The molecule has 0 unspecified atom stereocenters. The van der Waals surface area contributed by atoms with Crippen LogP contribution in [-0.2, 0) is 11.2 Å². The molecule has 17 heavy (non-hydrogen) atoms. The number of carbonyl (C=O) groups is 1. The second-order valence-corrected chi connectivity index (χ2v) is 4.28. The van der Waals surface area contributed by atoms with Gasteiger partial charge in [-0.05, 0) is 41.7 Å². The van der Waals surface area contributed by atoms with Crippen LogP contribution in [0.4, 0.5) is 0 Å². The Hall–Kier alpha value is -1.81. The predicted octanol–water partition coefficient (Wildman–Crippen LogP) is 1.47. The smallest absolute Gasteiger partial charge is 0.273 e. The molecule has 0 heterocycles. The second-order valence-electron chi connectivity index (χ2n) is 3.85. The molecule has 0 saturated carbocycles. The predicted molar refractivity (Wildman–Crippen MR) is 68.6 cm³/mol. The number of carbonyl (C=O) groups excluding carboxylic acids is 1. The summed E-state index contributed by atoms with van der Waals surface area (Å²) in [7, 11) is 0. The summed E-state index contributed by atoms with van der Waals surface area (Å²) in [5.74, 6) is -0.663. The molecule has 0 aliphatic heterocycles. The molecule has 0 spiro atoms. The number of halogens is 1. The SMILES string of the molecule is NC(N)=NC(=O)/C=C1\CCc2ccc(Cl)cc21. The normalized spacial score (nSPS) is 15.7. The van der Waals surface area contributed by atoms with Crippen molar-refractivity contribution in [2.75, 3.05) is 0 Å². The van der Waals surface area contributed by atoms with E-state index in [2.05, 4.69) is 4.99 Å². The van der Waals surface area contributed by atoms with Crippen molar-refractivity contribution in [3.63, 3.8) is 0 Å². The highest BCUT2D eigenvalue weighted by Gasteiger charge is 2.17. The van der Waals surface area contributed by atoms with Gasteiger partial charge < -0.3 is 11.5 Å². The van der Waals surface area contributed by atoms with E-state index >= 15 is 0 Å². The summed E-state index contributed by atoms with van der Waals surface area (Å²) in [4.78, 5) is 14.9. The van der Waals surface area contributed by atoms with Gasteiger partial charge in [-0.25, -0.2) is 0 Å². The average molecular weight is 250 g/mol. The first-order valence-corrected chi connectivity index (χ1v) is 5.57. The minimum absolute atomic E-state index is 0.226. The lowest BCUT2D eigenvalue weighted by Crippen LogP contribution is -2.23. The third-order valence-electron chi connectivity index (χ3n) is 2.62. The van der Waals surface area contributed by atoms with Gasteiger partial charge in [0.2, 0.25) is 0 Å². The highest BCUT2D eigenvalue weighted by Crippen LogP contribution is 2.33. The molecule has 0 radical (unpaired) electrons. The van der Waals surface area contributed by atoms with E-state index in [-0.39, 0.29) is 5.96 Å². The average Bonchev–Trinajstić information content (AvgIpc) is 2.60. The molecule has 0 fully saturated rings. The maximum Gasteiger partial charge on any atom is 0.273 e. The highest BCUT2D eigenvalue weighted by atomic mass is 35.5. The Kier molecular flexibility index (Phi) is 3.15. The summed E-state index contributed by atoms with van der Waals surface area (Å²) >= 11 is 5.93. The first-order chi connectivity index (χ1) is 8.06. The number of allylic oxidation sites excluding steroid dienone is 1. The first-order valence-electron chi connectivity index (χ1n) is 5.19. The number of benzene rings is 1. The quantitative estimate of drug-likeness (QED) is 0.449. The molecular weight excluding hydrogens is 238 g/mol. The topological polar surface area (TPSA) is 81.5 Å². The van der Waals surface area contributed by atoms with Crippen LogP contribution in [0.2, 0.25) is 5.02 Å². The van der Waals surface area contributed by atoms with E-state index in [1.807, 2.05) is 18.2 Å². The number of fused-ring (bicyclic) bond motifs is 1. The Balaban J connectivity index is 2.33. The van der Waals surface area contributed by atoms with Crippen molar-refractivity contribution >= 4 is 29.0 Å². The molecule has 0 atom stereocenters. The van der Waals surface area contributed by atoms with Gasteiger partial charge >= 0.3 is 0 Å². The molecular formula is C12H12ClN3O. The van der Waals surface area contributed by atoms with Gasteiger partial charge in [-0.1, -0.05) is 17.7 Å². The molecule has 1 aromatic rings. The molecule has 4 N–H and O–H groups in total. The van der Waals surface area contributed by atoms with Crippen molar-refractivity contribution in [1.29, 1.82) is 0 Å². The van der Waals surface area contributed by atoms with E-state index in [9.17, 15) is 4.79 Å². The Morgan fingerprint density at radius 2 is 2.12 bits per heavy atom. The summed E-state index contributed by atoms with van der Waals surface area (Å²) in [6, 6.07) is 5.68. The van der Waals surface area contributed by atoms with E-state index < -0.39 is 5.91 Å². The van der Waals surface area contributed by atoms with Crippen LogP contribution in [0.15, 0.2) is 29.3 Å². The number of amides is 1. The number of aliphatic imine (C=N–C) groups is 1. The third kappa shape index (κ3) is 2.65. The van der Waals surface area contributed by atoms with Crippen LogP contribution in [0, 0.1) is 0 Å². The number of rotatable bonds is 1. The van der Waals surface area contributed by atoms with E-state index in [4.69, 9.17) is 23.1 Å². The van der Waals surface area contributed by atoms with Crippen LogP contribution in [0.1, 0.15) is 17.5 Å². The number of guanidine groups is 1. The first kappa shape index (κ1) is 11.7. The van der Waals surface area contributed by atoms with Gasteiger partial charge in [-0.3, -0.25) is 4.79 Å². The summed E-state index contributed by atoms with van der Waals surface area (Å²) in [5, 5.41) is 0.658. The lowest BCUT2D eigenvalue weighted by Gasteiger charge is -2.00. The lowest BCUT2D eigenvalue weighted by atomic mass is 10.1. The van der Waals surface area contributed by atoms with Gasteiger partial charge in [0.1, 0.15) is 0 Å². The van der Waals surface area contributed by atoms with Crippen molar-refractivity contribution in [2.24, 2.45) is 16.5 Å². The van der Waals surface area contributed by atoms with Gasteiger partial charge in [0.15, 0.2) is 5.96 Å². The van der Waals surface area contributed by atoms with Crippen LogP contribution in [0.25, 0.3) is 5.57 Å². The standard InChI is InChI=1S/C12H12ClN3O/c13-9-4-3-7-1-2-8(10(7)6-9)5-11(17)16-12(14)15/h3-6H,1-2H2,(H4,14,15,16,17)/b8-5+. The number of hydrogen-bond acceptors (Lipinski definition) is 1. The van der Waals surface area contributed by atoms with Crippen LogP contribution in [0.5, 0.6) is 0 Å². The minimum Gasteiger partial charge on any atom is -0.370 e.